The minimum atomic E-state index is -4.37. The van der Waals surface area contributed by atoms with E-state index in [0.29, 0.717) is 6.42 Å². The number of benzene rings is 1. The van der Waals surface area contributed by atoms with Crippen LogP contribution in [-0.4, -0.2) is 100 Å². The first kappa shape index (κ1) is 45.8. The van der Waals surface area contributed by atoms with Gasteiger partial charge in [-0.2, -0.15) is 16.8 Å². The molecule has 0 saturated heterocycles. The molecule has 1 aromatic carbocycles. The van der Waals surface area contributed by atoms with Crippen LogP contribution < -0.4 is 19.5 Å². The van der Waals surface area contributed by atoms with Crippen molar-refractivity contribution in [1.29, 1.82) is 0 Å². The first-order valence-corrected chi connectivity index (χ1v) is 19.5. The highest BCUT2D eigenvalue weighted by atomic mass is 32.2. The molecule has 0 bridgehead atoms. The quantitative estimate of drug-likeness (QED) is 0.0670. The van der Waals surface area contributed by atoms with Crippen LogP contribution in [0.25, 0.3) is 0 Å². The van der Waals surface area contributed by atoms with Gasteiger partial charge in [0.2, 0.25) is 0 Å². The van der Waals surface area contributed by atoms with Crippen molar-refractivity contribution >= 4 is 38.3 Å². The Morgan fingerprint density at radius 2 is 1.21 bits per heavy atom. The predicted molar refractivity (Wildman–Crippen MR) is 190 cm³/mol. The summed E-state index contributed by atoms with van der Waals surface area (Å²) in [4.78, 5) is 38.0. The molecule has 18 heteroatoms. The second-order valence-corrected chi connectivity index (χ2v) is 16.1. The summed E-state index contributed by atoms with van der Waals surface area (Å²) in [7, 11) is -7.64. The van der Waals surface area contributed by atoms with Crippen LogP contribution >= 0.6 is 0 Å². The van der Waals surface area contributed by atoms with Gasteiger partial charge in [-0.25, -0.2) is 9.59 Å². The number of esters is 2. The molecular weight excluding hydrogens is 727 g/mol. The molecule has 0 atom stereocenters. The fourth-order valence-corrected chi connectivity index (χ4v) is 4.90. The summed E-state index contributed by atoms with van der Waals surface area (Å²) in [6, 6.07) is 0. The number of nitrogens with one attached hydrogen (secondary N) is 1. The normalized spacial score (nSPS) is 11.6. The lowest BCUT2D eigenvalue weighted by Gasteiger charge is -2.22. The number of methoxy groups -OCH3 is 1. The Morgan fingerprint density at radius 1 is 0.731 bits per heavy atom. The molecule has 292 valence electrons. The van der Waals surface area contributed by atoms with Crippen LogP contribution in [0.2, 0.25) is 0 Å². The lowest BCUT2D eigenvalue weighted by Crippen LogP contribution is -2.32. The zero-order valence-corrected chi connectivity index (χ0v) is 32.4. The molecule has 0 aliphatic carbocycles. The maximum Gasteiger partial charge on any atom is 0.408 e. The average molecular weight is 776 g/mol. The van der Waals surface area contributed by atoms with E-state index in [1.807, 2.05) is 0 Å². The molecule has 3 N–H and O–H groups in total. The van der Waals surface area contributed by atoms with Crippen LogP contribution in [-0.2, 0) is 39.2 Å². The van der Waals surface area contributed by atoms with E-state index in [-0.39, 0.29) is 86.0 Å². The Hall–Kier alpha value is -4.23. The topological polar surface area (TPSA) is 227 Å². The van der Waals surface area contributed by atoms with Gasteiger partial charge in [0.15, 0.2) is 17.2 Å². The van der Waals surface area contributed by atoms with Crippen molar-refractivity contribution in [3.05, 3.63) is 16.7 Å². The third kappa shape index (κ3) is 18.8. The van der Waals surface area contributed by atoms with Crippen LogP contribution in [0.1, 0.15) is 102 Å². The number of ether oxygens (including phenoxy) is 6. The van der Waals surface area contributed by atoms with E-state index < -0.39 is 61.0 Å². The summed E-state index contributed by atoms with van der Waals surface area (Å²) < 4.78 is 97.7. The van der Waals surface area contributed by atoms with Gasteiger partial charge in [0.25, 0.3) is 20.2 Å². The lowest BCUT2D eigenvalue weighted by molar-refractivity contribution is -0.154. The number of carbonyl (C=O) groups is 3. The Kier molecular flexibility index (Phi) is 18.2. The van der Waals surface area contributed by atoms with Crippen molar-refractivity contribution in [2.24, 2.45) is 0 Å². The van der Waals surface area contributed by atoms with E-state index in [1.54, 1.807) is 48.5 Å². The van der Waals surface area contributed by atoms with Crippen LogP contribution in [0.5, 0.6) is 17.2 Å². The van der Waals surface area contributed by atoms with Gasteiger partial charge in [-0.15, -0.1) is 0 Å². The molecule has 0 aromatic heterocycles. The highest BCUT2D eigenvalue weighted by Crippen LogP contribution is 2.44. The molecule has 0 spiro atoms. The van der Waals surface area contributed by atoms with Gasteiger partial charge in [0, 0.05) is 6.42 Å². The fourth-order valence-electron chi connectivity index (χ4n) is 3.94. The second kappa shape index (κ2) is 20.7. The van der Waals surface area contributed by atoms with Crippen LogP contribution in [0.4, 0.5) is 4.79 Å². The van der Waals surface area contributed by atoms with Crippen molar-refractivity contribution in [2.75, 3.05) is 45.0 Å². The molecule has 52 heavy (non-hydrogen) atoms. The fraction of sp³-hybridized carbons (Fsp3) is 0.618. The molecule has 1 amide bonds. The molecule has 16 nitrogen and oxygen atoms in total. The maximum absolute atomic E-state index is 13.4. The summed E-state index contributed by atoms with van der Waals surface area (Å²) in [5.41, 5.74) is -2.04. The Morgan fingerprint density at radius 3 is 1.67 bits per heavy atom. The maximum atomic E-state index is 13.4. The number of hydrogen-bond donors (Lipinski definition) is 3. The van der Waals surface area contributed by atoms with Crippen molar-refractivity contribution < 1.29 is 68.7 Å². The van der Waals surface area contributed by atoms with Crippen molar-refractivity contribution in [1.82, 2.24) is 5.32 Å². The van der Waals surface area contributed by atoms with Crippen molar-refractivity contribution in [3.63, 3.8) is 0 Å². The Labute approximate surface area is 306 Å². The molecule has 1 aromatic rings. The predicted octanol–water partition coefficient (Wildman–Crippen LogP) is 3.93. The van der Waals surface area contributed by atoms with Gasteiger partial charge in [-0.3, -0.25) is 13.9 Å². The minimum Gasteiger partial charge on any atom is -0.491 e. The summed E-state index contributed by atoms with van der Waals surface area (Å²) in [5.74, 6) is 7.74. The number of carbonyl (C=O) groups excluding carboxylic acids is 3. The van der Waals surface area contributed by atoms with Gasteiger partial charge in [0.05, 0.1) is 51.4 Å². The number of hydrogen-bond acceptors (Lipinski definition) is 13. The molecule has 0 radical (unpaired) electrons. The lowest BCUT2D eigenvalue weighted by atomic mass is 9.99. The standard InChI is InChI=1S/C34H49NO15S2/c1-9-19-46-29-24(15-10-11-17-26(36)49-33(2,3)4)28(47-20-13-22-51(39,40)41)25(16-12-18-35-32(38)50-34(5,6)7)30(27(29)31(37)45-8)48-21-14-23-52(42,43)44/h9,11,13-14,17-23H2,1-8H3,(H,35,38)(H,39,40,41)(H,42,43,44). The third-order valence-electron chi connectivity index (χ3n) is 5.81. The van der Waals surface area contributed by atoms with E-state index >= 15 is 0 Å². The summed E-state index contributed by atoms with van der Waals surface area (Å²) in [6.07, 6.45) is -0.853. The van der Waals surface area contributed by atoms with E-state index in [1.165, 1.54) is 0 Å². The number of rotatable bonds is 17. The van der Waals surface area contributed by atoms with E-state index in [0.717, 1.165) is 7.11 Å². The summed E-state index contributed by atoms with van der Waals surface area (Å²) in [5, 5.41) is 2.46. The van der Waals surface area contributed by atoms with Gasteiger partial charge >= 0.3 is 18.0 Å². The third-order valence-corrected chi connectivity index (χ3v) is 7.42. The highest BCUT2D eigenvalue weighted by Gasteiger charge is 2.31. The molecule has 0 fully saturated rings. The SMILES string of the molecule is CCCOc1c(C#CCCC(=O)OC(C)(C)C)c(OCCCS(=O)(=O)O)c(C#CCNC(=O)OC(C)(C)C)c(OCCCS(=O)(=O)O)c1C(=O)OC. The number of amides is 1. The van der Waals surface area contributed by atoms with Crippen LogP contribution in [0.15, 0.2) is 0 Å². The first-order valence-electron chi connectivity index (χ1n) is 16.3. The number of alkyl carbamates (subject to hydrolysis) is 1. The largest absolute Gasteiger partial charge is 0.491 e. The van der Waals surface area contributed by atoms with Gasteiger partial charge in [0.1, 0.15) is 27.9 Å². The van der Waals surface area contributed by atoms with Crippen molar-refractivity contribution in [2.45, 2.75) is 91.8 Å². The molecule has 0 aliphatic rings. The molecule has 0 unspecified atom stereocenters. The van der Waals surface area contributed by atoms with Crippen molar-refractivity contribution in [3.8, 4) is 40.9 Å². The van der Waals surface area contributed by atoms with Gasteiger partial charge < -0.3 is 33.7 Å². The summed E-state index contributed by atoms with van der Waals surface area (Å²) >= 11 is 0. The molecule has 1 rings (SSSR count). The molecule has 0 aliphatic heterocycles. The Balaban J connectivity index is 4.09. The monoisotopic (exact) mass is 775 g/mol. The smallest absolute Gasteiger partial charge is 0.408 e. The van der Waals surface area contributed by atoms with E-state index in [2.05, 4.69) is 29.0 Å². The van der Waals surface area contributed by atoms with Crippen LogP contribution in [0, 0.1) is 23.7 Å². The highest BCUT2D eigenvalue weighted by molar-refractivity contribution is 7.86. The van der Waals surface area contributed by atoms with E-state index in [9.17, 15) is 40.3 Å². The van der Waals surface area contributed by atoms with Crippen LogP contribution in [0.3, 0.4) is 0 Å². The average Bonchev–Trinajstić information content (AvgIpc) is 2.98. The summed E-state index contributed by atoms with van der Waals surface area (Å²) in [6.45, 7) is 11.0. The molecule has 0 saturated carbocycles. The van der Waals surface area contributed by atoms with Gasteiger partial charge in [-0.1, -0.05) is 30.6 Å². The first-order chi connectivity index (χ1) is 24.0. The zero-order valence-electron chi connectivity index (χ0n) is 30.8. The molecular formula is C34H49NO15S2. The second-order valence-electron chi connectivity index (χ2n) is 13.0. The molecule has 0 heterocycles. The minimum absolute atomic E-state index is 0.00735. The Bertz CT molecular complexity index is 1750. The zero-order chi connectivity index (χ0) is 39.8. The van der Waals surface area contributed by atoms with E-state index in [4.69, 9.17) is 28.4 Å². The van der Waals surface area contributed by atoms with Gasteiger partial charge in [-0.05, 0) is 60.8 Å².